The molecular formula is C11H7NO4. The van der Waals surface area contributed by atoms with Gasteiger partial charge < -0.3 is 10.2 Å². The molecule has 0 unspecified atom stereocenters. The largest absolute Gasteiger partial charge is 0.507 e. The lowest BCUT2D eigenvalue weighted by atomic mass is 10.1. The first-order chi connectivity index (χ1) is 7.54. The first kappa shape index (κ1) is 11.5. The topological polar surface area (TPSA) is 98.4 Å². The minimum absolute atomic E-state index is 0.216. The van der Waals surface area contributed by atoms with Crippen LogP contribution in [0.3, 0.4) is 0 Å². The Labute approximate surface area is 90.9 Å². The number of ketones is 1. The van der Waals surface area contributed by atoms with Gasteiger partial charge in [0.05, 0.1) is 11.6 Å². The average molecular weight is 217 g/mol. The molecule has 5 heteroatoms. The molecule has 5 nitrogen and oxygen atoms in total. The molecule has 0 saturated carbocycles. The number of hydrogen-bond acceptors (Lipinski definition) is 4. The van der Waals surface area contributed by atoms with Crippen LogP contribution in [-0.2, 0) is 9.59 Å². The number of aliphatic hydroxyl groups excluding tert-OH is 1. The van der Waals surface area contributed by atoms with Gasteiger partial charge in [0.25, 0.3) is 5.78 Å². The minimum Gasteiger partial charge on any atom is -0.507 e. The number of carboxylic acid groups (broad SMARTS) is 1. The summed E-state index contributed by atoms with van der Waals surface area (Å²) in [6.45, 7) is 0. The number of nitrogens with zero attached hydrogens (tertiary/aromatic N) is 1. The van der Waals surface area contributed by atoms with Gasteiger partial charge in [-0.25, -0.2) is 4.79 Å². The maximum Gasteiger partial charge on any atom is 0.376 e. The third-order valence-electron chi connectivity index (χ3n) is 1.77. The van der Waals surface area contributed by atoms with Crippen molar-refractivity contribution in [1.29, 1.82) is 5.26 Å². The summed E-state index contributed by atoms with van der Waals surface area (Å²) in [5, 5.41) is 26.4. The Morgan fingerprint density at radius 2 is 2.00 bits per heavy atom. The van der Waals surface area contributed by atoms with E-state index in [2.05, 4.69) is 0 Å². The number of hydrogen-bond donors (Lipinski definition) is 2. The summed E-state index contributed by atoms with van der Waals surface area (Å²) in [7, 11) is 0. The van der Waals surface area contributed by atoms with E-state index in [1.54, 1.807) is 0 Å². The summed E-state index contributed by atoms with van der Waals surface area (Å²) >= 11 is 0. The van der Waals surface area contributed by atoms with E-state index in [-0.39, 0.29) is 5.56 Å². The van der Waals surface area contributed by atoms with Crippen molar-refractivity contribution in [3.05, 3.63) is 41.5 Å². The van der Waals surface area contributed by atoms with Crippen LogP contribution in [0.2, 0.25) is 0 Å². The second-order valence-electron chi connectivity index (χ2n) is 2.89. The summed E-state index contributed by atoms with van der Waals surface area (Å²) in [5.41, 5.74) is 0.522. The van der Waals surface area contributed by atoms with E-state index < -0.39 is 17.5 Å². The third kappa shape index (κ3) is 2.69. The van der Waals surface area contributed by atoms with Crippen molar-refractivity contribution >= 4 is 17.5 Å². The second kappa shape index (κ2) is 4.75. The molecule has 0 aromatic heterocycles. The van der Waals surface area contributed by atoms with Crippen molar-refractivity contribution in [2.45, 2.75) is 0 Å². The molecule has 1 aromatic carbocycles. The monoisotopic (exact) mass is 217 g/mol. The van der Waals surface area contributed by atoms with E-state index in [1.807, 2.05) is 6.07 Å². The van der Waals surface area contributed by atoms with Gasteiger partial charge in [0.1, 0.15) is 5.76 Å². The highest BCUT2D eigenvalue weighted by Gasteiger charge is 2.10. The van der Waals surface area contributed by atoms with Gasteiger partial charge in [-0.05, 0) is 12.1 Å². The molecule has 0 spiro atoms. The smallest absolute Gasteiger partial charge is 0.376 e. The Morgan fingerprint density at radius 3 is 2.56 bits per heavy atom. The van der Waals surface area contributed by atoms with Crippen LogP contribution in [-0.4, -0.2) is 22.0 Å². The van der Waals surface area contributed by atoms with Gasteiger partial charge in [-0.15, -0.1) is 0 Å². The summed E-state index contributed by atoms with van der Waals surface area (Å²) in [4.78, 5) is 21.0. The molecule has 0 saturated heterocycles. The van der Waals surface area contributed by atoms with E-state index in [0.717, 1.165) is 0 Å². The predicted molar refractivity (Wildman–Crippen MR) is 54.4 cm³/mol. The Balaban J connectivity index is 3.05. The third-order valence-corrected chi connectivity index (χ3v) is 1.77. The SMILES string of the molecule is N#Cc1cccc(C(O)=CC(=O)C(=O)O)c1. The van der Waals surface area contributed by atoms with Crippen molar-refractivity contribution in [3.63, 3.8) is 0 Å². The molecule has 0 fully saturated rings. The first-order valence-electron chi connectivity index (χ1n) is 4.23. The normalized spacial score (nSPS) is 10.6. The van der Waals surface area contributed by atoms with E-state index in [0.29, 0.717) is 11.6 Å². The zero-order valence-corrected chi connectivity index (χ0v) is 8.04. The van der Waals surface area contributed by atoms with Crippen molar-refractivity contribution in [3.8, 4) is 6.07 Å². The number of aliphatic carboxylic acids is 1. The molecule has 0 heterocycles. The predicted octanol–water partition coefficient (Wildman–Crippen LogP) is 1.11. The zero-order chi connectivity index (χ0) is 12.1. The quantitative estimate of drug-likeness (QED) is 0.449. The van der Waals surface area contributed by atoms with Crippen LogP contribution in [0.1, 0.15) is 11.1 Å². The van der Waals surface area contributed by atoms with Crippen LogP contribution in [0.15, 0.2) is 30.3 Å². The van der Waals surface area contributed by atoms with Crippen LogP contribution >= 0.6 is 0 Å². The lowest BCUT2D eigenvalue weighted by Gasteiger charge is -1.99. The number of carbonyl (C=O) groups is 2. The highest BCUT2D eigenvalue weighted by Crippen LogP contribution is 2.12. The molecule has 80 valence electrons. The molecule has 0 radical (unpaired) electrons. The van der Waals surface area contributed by atoms with Crippen LogP contribution < -0.4 is 0 Å². The first-order valence-corrected chi connectivity index (χ1v) is 4.23. The Kier molecular flexibility index (Phi) is 3.41. The average Bonchev–Trinajstić information content (AvgIpc) is 2.28. The lowest BCUT2D eigenvalue weighted by Crippen LogP contribution is -2.09. The van der Waals surface area contributed by atoms with Crippen LogP contribution in [0.25, 0.3) is 5.76 Å². The van der Waals surface area contributed by atoms with E-state index >= 15 is 0 Å². The fraction of sp³-hybridized carbons (Fsp3) is 0. The van der Waals surface area contributed by atoms with Gasteiger partial charge in [0.2, 0.25) is 0 Å². The summed E-state index contributed by atoms with van der Waals surface area (Å²) in [5.74, 6) is -3.35. The molecule has 1 aromatic rings. The van der Waals surface area contributed by atoms with Crippen LogP contribution in [0.5, 0.6) is 0 Å². The van der Waals surface area contributed by atoms with Gasteiger partial charge in [-0.3, -0.25) is 4.79 Å². The van der Waals surface area contributed by atoms with Crippen LogP contribution in [0, 0.1) is 11.3 Å². The van der Waals surface area contributed by atoms with Crippen molar-refractivity contribution in [2.75, 3.05) is 0 Å². The van der Waals surface area contributed by atoms with Crippen molar-refractivity contribution in [2.24, 2.45) is 0 Å². The van der Waals surface area contributed by atoms with Crippen molar-refractivity contribution in [1.82, 2.24) is 0 Å². The molecule has 16 heavy (non-hydrogen) atoms. The molecular weight excluding hydrogens is 210 g/mol. The number of rotatable bonds is 3. The van der Waals surface area contributed by atoms with E-state index in [4.69, 9.17) is 10.4 Å². The fourth-order valence-corrected chi connectivity index (χ4v) is 1.02. The van der Waals surface area contributed by atoms with E-state index in [9.17, 15) is 14.7 Å². The Hall–Kier alpha value is -2.61. The number of carbonyl (C=O) groups excluding carboxylic acids is 1. The molecule has 0 bridgehead atoms. The van der Waals surface area contributed by atoms with Crippen molar-refractivity contribution < 1.29 is 19.8 Å². The number of aliphatic hydroxyl groups is 1. The van der Waals surface area contributed by atoms with Crippen LogP contribution in [0.4, 0.5) is 0 Å². The highest BCUT2D eigenvalue weighted by atomic mass is 16.4. The van der Waals surface area contributed by atoms with Gasteiger partial charge in [0.15, 0.2) is 0 Å². The summed E-state index contributed by atoms with van der Waals surface area (Å²) in [6.07, 6.45) is 0.596. The molecule has 0 aliphatic carbocycles. The molecule has 0 atom stereocenters. The highest BCUT2D eigenvalue weighted by molar-refractivity contribution is 6.38. The van der Waals surface area contributed by atoms with Gasteiger partial charge >= 0.3 is 5.97 Å². The molecule has 2 N–H and O–H groups in total. The summed E-state index contributed by atoms with van der Waals surface area (Å²) in [6, 6.07) is 7.71. The maximum atomic E-state index is 10.8. The standard InChI is InChI=1S/C11H7NO4/c12-6-7-2-1-3-8(4-7)9(13)5-10(14)11(15)16/h1-5,13H,(H,15,16). The number of nitriles is 1. The zero-order valence-electron chi connectivity index (χ0n) is 8.04. The number of carboxylic acids is 1. The van der Waals surface area contributed by atoms with Gasteiger partial charge in [-0.1, -0.05) is 12.1 Å². The summed E-state index contributed by atoms with van der Waals surface area (Å²) < 4.78 is 0. The molecule has 1 rings (SSSR count). The second-order valence-corrected chi connectivity index (χ2v) is 2.89. The number of benzene rings is 1. The lowest BCUT2D eigenvalue weighted by molar-refractivity contribution is -0.146. The fourth-order valence-electron chi connectivity index (χ4n) is 1.02. The Bertz CT molecular complexity index is 511. The van der Waals surface area contributed by atoms with Gasteiger partial charge in [0, 0.05) is 11.6 Å². The Morgan fingerprint density at radius 1 is 1.31 bits per heavy atom. The van der Waals surface area contributed by atoms with E-state index in [1.165, 1.54) is 24.3 Å². The molecule has 0 aliphatic heterocycles. The maximum absolute atomic E-state index is 10.8. The minimum atomic E-state index is -1.65. The molecule has 0 aliphatic rings. The van der Waals surface area contributed by atoms with Gasteiger partial charge in [-0.2, -0.15) is 5.26 Å². The molecule has 0 amide bonds.